The van der Waals surface area contributed by atoms with E-state index in [1.54, 1.807) is 0 Å². The molecule has 1 heterocycles. The van der Waals surface area contributed by atoms with Gasteiger partial charge >= 0.3 is 0 Å². The lowest BCUT2D eigenvalue weighted by Gasteiger charge is -2.26. The fourth-order valence-electron chi connectivity index (χ4n) is 2.15. The summed E-state index contributed by atoms with van der Waals surface area (Å²) in [6, 6.07) is 14.6. The van der Waals surface area contributed by atoms with Crippen LogP contribution in [0.4, 0.5) is 0 Å². The van der Waals surface area contributed by atoms with Gasteiger partial charge in [0.15, 0.2) is 0 Å². The van der Waals surface area contributed by atoms with Gasteiger partial charge in [-0.15, -0.1) is 12.6 Å². The number of rotatable bonds is 4. The van der Waals surface area contributed by atoms with Crippen LogP contribution in [0.2, 0.25) is 0 Å². The highest BCUT2D eigenvalue weighted by Crippen LogP contribution is 2.32. The van der Waals surface area contributed by atoms with Crippen LogP contribution >= 0.6 is 12.6 Å². The molecule has 0 radical (unpaired) electrons. The van der Waals surface area contributed by atoms with Crippen molar-refractivity contribution in [3.05, 3.63) is 83.5 Å². The number of nitrogens with zero attached hydrogens (tertiary/aromatic N) is 1. The first-order chi connectivity index (χ1) is 9.43. The summed E-state index contributed by atoms with van der Waals surface area (Å²) >= 11 is 4.25. The monoisotopic (exact) mass is 281 g/mol. The fraction of sp³-hybridized carbons (Fsp3) is 0.167. The molecule has 2 heteroatoms. The van der Waals surface area contributed by atoms with Crippen LogP contribution in [0.15, 0.2) is 66.7 Å². The fourth-order valence-corrected chi connectivity index (χ4v) is 2.27. The van der Waals surface area contributed by atoms with Gasteiger partial charge in [-0.2, -0.15) is 0 Å². The molecular formula is C18H19NS. The Morgan fingerprint density at radius 3 is 2.30 bits per heavy atom. The molecule has 0 N–H and O–H groups in total. The van der Waals surface area contributed by atoms with Gasteiger partial charge in [0.25, 0.3) is 0 Å². The van der Waals surface area contributed by atoms with E-state index in [1.165, 1.54) is 11.1 Å². The Kier molecular flexibility index (Phi) is 4.15. The lowest BCUT2D eigenvalue weighted by molar-refractivity contribution is 0.639. The van der Waals surface area contributed by atoms with Crippen LogP contribution in [-0.2, 0) is 5.41 Å². The van der Waals surface area contributed by atoms with Gasteiger partial charge in [-0.3, -0.25) is 4.98 Å². The summed E-state index contributed by atoms with van der Waals surface area (Å²) in [4.78, 5) is 5.00. The zero-order valence-corrected chi connectivity index (χ0v) is 12.8. The molecule has 1 aromatic heterocycles. The topological polar surface area (TPSA) is 12.9 Å². The van der Waals surface area contributed by atoms with E-state index in [9.17, 15) is 0 Å². The van der Waals surface area contributed by atoms with Crippen molar-refractivity contribution in [3.8, 4) is 0 Å². The van der Waals surface area contributed by atoms with Crippen molar-refractivity contribution >= 4 is 18.2 Å². The summed E-state index contributed by atoms with van der Waals surface area (Å²) in [5, 5.41) is 0. The molecule has 0 spiro atoms. The molecule has 0 amide bonds. The van der Waals surface area contributed by atoms with Crippen molar-refractivity contribution in [2.45, 2.75) is 19.3 Å². The van der Waals surface area contributed by atoms with E-state index in [0.717, 1.165) is 11.3 Å². The van der Waals surface area contributed by atoms with Gasteiger partial charge < -0.3 is 0 Å². The quantitative estimate of drug-likeness (QED) is 0.623. The third kappa shape index (κ3) is 2.86. The third-order valence-electron chi connectivity index (χ3n) is 3.63. The molecule has 0 bridgehead atoms. The number of hydrogen-bond acceptors (Lipinski definition) is 2. The molecule has 0 aliphatic heterocycles. The van der Waals surface area contributed by atoms with Crippen molar-refractivity contribution in [3.63, 3.8) is 0 Å². The standard InChI is InChI=1S/C18H19NS/c1-13(14(2)20)17-12-16(10-11-19-17)18(3,4)15-8-6-5-7-9-15/h5-12,20H,1-2H2,3-4H3. The van der Waals surface area contributed by atoms with E-state index in [2.05, 4.69) is 74.9 Å². The zero-order valence-electron chi connectivity index (χ0n) is 11.9. The highest BCUT2D eigenvalue weighted by atomic mass is 32.1. The molecule has 0 unspecified atom stereocenters. The highest BCUT2D eigenvalue weighted by Gasteiger charge is 2.23. The van der Waals surface area contributed by atoms with Gasteiger partial charge in [0.1, 0.15) is 0 Å². The molecule has 102 valence electrons. The van der Waals surface area contributed by atoms with E-state index >= 15 is 0 Å². The predicted molar refractivity (Wildman–Crippen MR) is 90.0 cm³/mol. The third-order valence-corrected chi connectivity index (χ3v) is 3.90. The molecule has 0 saturated heterocycles. The molecule has 0 saturated carbocycles. The molecule has 1 nitrogen and oxygen atoms in total. The maximum absolute atomic E-state index is 4.36. The van der Waals surface area contributed by atoms with Crippen molar-refractivity contribution in [1.82, 2.24) is 4.98 Å². The van der Waals surface area contributed by atoms with Crippen LogP contribution in [0.5, 0.6) is 0 Å². The average Bonchev–Trinajstić information content (AvgIpc) is 2.47. The molecule has 0 aliphatic rings. The molecule has 0 atom stereocenters. The summed E-state index contributed by atoms with van der Waals surface area (Å²) in [5.41, 5.74) is 3.97. The second-order valence-corrected chi connectivity index (χ2v) is 5.89. The highest BCUT2D eigenvalue weighted by molar-refractivity contribution is 7.85. The smallest absolute Gasteiger partial charge is 0.0709 e. The Morgan fingerprint density at radius 2 is 1.70 bits per heavy atom. The first kappa shape index (κ1) is 14.6. The zero-order chi connectivity index (χ0) is 14.8. The van der Waals surface area contributed by atoms with Crippen LogP contribution in [0.3, 0.4) is 0 Å². The largest absolute Gasteiger partial charge is 0.256 e. The first-order valence-electron chi connectivity index (χ1n) is 6.52. The van der Waals surface area contributed by atoms with E-state index in [-0.39, 0.29) is 5.41 Å². The van der Waals surface area contributed by atoms with Gasteiger partial charge in [0, 0.05) is 22.1 Å². The maximum atomic E-state index is 4.36. The van der Waals surface area contributed by atoms with Gasteiger partial charge in [-0.1, -0.05) is 57.3 Å². The molecule has 2 aromatic rings. The van der Waals surface area contributed by atoms with Crippen LogP contribution in [-0.4, -0.2) is 4.98 Å². The van der Waals surface area contributed by atoms with Crippen LogP contribution < -0.4 is 0 Å². The van der Waals surface area contributed by atoms with Crippen LogP contribution in [0.1, 0.15) is 30.7 Å². The Balaban J connectivity index is 2.45. The second-order valence-electron chi connectivity index (χ2n) is 5.35. The number of pyridine rings is 1. The Hall–Kier alpha value is -1.80. The number of aromatic nitrogens is 1. The van der Waals surface area contributed by atoms with Crippen molar-refractivity contribution < 1.29 is 0 Å². The van der Waals surface area contributed by atoms with E-state index in [1.807, 2.05) is 18.3 Å². The summed E-state index contributed by atoms with van der Waals surface area (Å²) in [6.07, 6.45) is 1.82. The minimum Gasteiger partial charge on any atom is -0.256 e. The van der Waals surface area contributed by atoms with Gasteiger partial charge in [0.2, 0.25) is 0 Å². The number of benzene rings is 1. The Bertz CT molecular complexity index is 641. The number of allylic oxidation sites excluding steroid dienone is 1. The molecule has 1 aromatic carbocycles. The van der Waals surface area contributed by atoms with Crippen LogP contribution in [0, 0.1) is 0 Å². The number of hydrogen-bond donors (Lipinski definition) is 1. The predicted octanol–water partition coefficient (Wildman–Crippen LogP) is 4.86. The summed E-state index contributed by atoms with van der Waals surface area (Å²) in [6.45, 7) is 12.2. The van der Waals surface area contributed by atoms with Gasteiger partial charge in [0.05, 0.1) is 5.69 Å². The second kappa shape index (κ2) is 5.68. The minimum atomic E-state index is -0.0861. The number of thiol groups is 1. The first-order valence-corrected chi connectivity index (χ1v) is 6.97. The van der Waals surface area contributed by atoms with E-state index in [4.69, 9.17) is 0 Å². The minimum absolute atomic E-state index is 0.0861. The Morgan fingerprint density at radius 1 is 1.05 bits per heavy atom. The Labute approximate surface area is 126 Å². The molecular weight excluding hydrogens is 262 g/mol. The van der Waals surface area contributed by atoms with Crippen LogP contribution in [0.25, 0.3) is 5.57 Å². The molecule has 20 heavy (non-hydrogen) atoms. The summed E-state index contributed by atoms with van der Waals surface area (Å²) in [7, 11) is 0. The van der Waals surface area contributed by atoms with Crippen molar-refractivity contribution in [2.24, 2.45) is 0 Å². The molecule has 2 rings (SSSR count). The van der Waals surface area contributed by atoms with Gasteiger partial charge in [-0.05, 0) is 23.3 Å². The van der Waals surface area contributed by atoms with Crippen molar-refractivity contribution in [1.29, 1.82) is 0 Å². The molecule has 0 aliphatic carbocycles. The van der Waals surface area contributed by atoms with Crippen molar-refractivity contribution in [2.75, 3.05) is 0 Å². The SMILES string of the molecule is C=C(S)C(=C)c1cc(C(C)(C)c2ccccc2)ccn1. The lowest BCUT2D eigenvalue weighted by Crippen LogP contribution is -2.19. The molecule has 0 fully saturated rings. The summed E-state index contributed by atoms with van der Waals surface area (Å²) in [5.74, 6) is 0. The van der Waals surface area contributed by atoms with Gasteiger partial charge in [-0.25, -0.2) is 0 Å². The summed E-state index contributed by atoms with van der Waals surface area (Å²) < 4.78 is 0. The van der Waals surface area contributed by atoms with E-state index in [0.29, 0.717) is 4.91 Å². The normalized spacial score (nSPS) is 11.2. The van der Waals surface area contributed by atoms with E-state index < -0.39 is 0 Å². The lowest BCUT2D eigenvalue weighted by atomic mass is 9.78. The average molecular weight is 281 g/mol. The maximum Gasteiger partial charge on any atom is 0.0709 e.